The van der Waals surface area contributed by atoms with Gasteiger partial charge in [-0.15, -0.1) is 11.6 Å². The van der Waals surface area contributed by atoms with E-state index in [2.05, 4.69) is 17.0 Å². The third-order valence-corrected chi connectivity index (χ3v) is 3.98. The van der Waals surface area contributed by atoms with Gasteiger partial charge >= 0.3 is 0 Å². The van der Waals surface area contributed by atoms with Crippen molar-refractivity contribution in [2.75, 3.05) is 19.5 Å². The van der Waals surface area contributed by atoms with Gasteiger partial charge in [-0.2, -0.15) is 0 Å². The maximum Gasteiger partial charge on any atom is 0.118 e. The molecule has 0 saturated heterocycles. The Kier molecular flexibility index (Phi) is 5.33. The van der Waals surface area contributed by atoms with E-state index < -0.39 is 0 Å². The molecule has 1 aromatic rings. The Balaban J connectivity index is 1.93. The molecule has 0 aliphatic heterocycles. The van der Waals surface area contributed by atoms with Crippen molar-refractivity contribution in [2.24, 2.45) is 0 Å². The fourth-order valence-electron chi connectivity index (χ4n) is 2.37. The number of benzene rings is 1. The molecule has 0 bridgehead atoms. The molecule has 0 spiro atoms. The summed E-state index contributed by atoms with van der Waals surface area (Å²) in [6, 6.07) is 9.16. The van der Waals surface area contributed by atoms with E-state index in [0.29, 0.717) is 0 Å². The zero-order valence-electron chi connectivity index (χ0n) is 11.1. The van der Waals surface area contributed by atoms with Crippen molar-refractivity contribution in [3.8, 4) is 5.75 Å². The standard InChI is InChI=1S/C15H22ClNO/c1-18-15-8-6-13(7-9-15)12-17(11-3-10-16)14-4-2-5-14/h6-9,14H,2-5,10-12H2,1H3. The van der Waals surface area contributed by atoms with Crippen LogP contribution in [-0.4, -0.2) is 30.5 Å². The number of halogens is 1. The molecule has 1 saturated carbocycles. The minimum Gasteiger partial charge on any atom is -0.497 e. The van der Waals surface area contributed by atoms with Crippen LogP contribution in [0.1, 0.15) is 31.2 Å². The Bertz CT molecular complexity index is 348. The SMILES string of the molecule is COc1ccc(CN(CCCCl)C2CCC2)cc1. The Labute approximate surface area is 115 Å². The number of methoxy groups -OCH3 is 1. The van der Waals surface area contributed by atoms with Gasteiger partial charge in [0, 0.05) is 18.5 Å². The molecule has 0 radical (unpaired) electrons. The second kappa shape index (κ2) is 7.01. The van der Waals surface area contributed by atoms with Crippen LogP contribution in [-0.2, 0) is 6.54 Å². The maximum atomic E-state index is 5.81. The molecule has 0 aromatic heterocycles. The van der Waals surface area contributed by atoms with E-state index in [0.717, 1.165) is 37.2 Å². The van der Waals surface area contributed by atoms with Gasteiger partial charge in [0.05, 0.1) is 7.11 Å². The number of rotatable bonds is 7. The summed E-state index contributed by atoms with van der Waals surface area (Å²) in [5, 5.41) is 0. The molecule has 2 rings (SSSR count). The topological polar surface area (TPSA) is 12.5 Å². The average Bonchev–Trinajstić information content (AvgIpc) is 2.34. The Morgan fingerprint density at radius 1 is 1.28 bits per heavy atom. The van der Waals surface area contributed by atoms with Gasteiger partial charge in [-0.05, 0) is 43.5 Å². The van der Waals surface area contributed by atoms with E-state index in [-0.39, 0.29) is 0 Å². The summed E-state index contributed by atoms with van der Waals surface area (Å²) in [6.07, 6.45) is 5.15. The lowest BCUT2D eigenvalue weighted by Gasteiger charge is -2.37. The first-order valence-electron chi connectivity index (χ1n) is 6.76. The lowest BCUT2D eigenvalue weighted by atomic mass is 9.91. The molecule has 0 heterocycles. The molecule has 0 unspecified atom stereocenters. The molecule has 2 nitrogen and oxygen atoms in total. The number of hydrogen-bond donors (Lipinski definition) is 0. The van der Waals surface area contributed by atoms with Gasteiger partial charge in [-0.25, -0.2) is 0 Å². The summed E-state index contributed by atoms with van der Waals surface area (Å²) in [7, 11) is 1.70. The molecular weight excluding hydrogens is 246 g/mol. The van der Waals surface area contributed by atoms with Crippen LogP contribution >= 0.6 is 11.6 Å². The molecule has 0 amide bonds. The van der Waals surface area contributed by atoms with Crippen molar-refractivity contribution in [1.29, 1.82) is 0 Å². The molecule has 0 N–H and O–H groups in total. The number of ether oxygens (including phenoxy) is 1. The summed E-state index contributed by atoms with van der Waals surface area (Å²) in [5.41, 5.74) is 1.36. The molecule has 1 aromatic carbocycles. The fraction of sp³-hybridized carbons (Fsp3) is 0.600. The fourth-order valence-corrected chi connectivity index (χ4v) is 2.49. The van der Waals surface area contributed by atoms with Crippen molar-refractivity contribution in [1.82, 2.24) is 4.90 Å². The van der Waals surface area contributed by atoms with Crippen molar-refractivity contribution in [3.05, 3.63) is 29.8 Å². The number of hydrogen-bond acceptors (Lipinski definition) is 2. The summed E-state index contributed by atoms with van der Waals surface area (Å²) in [6.45, 7) is 2.14. The second-order valence-corrected chi connectivity index (χ2v) is 5.32. The maximum absolute atomic E-state index is 5.81. The predicted octanol–water partition coefficient (Wildman–Crippen LogP) is 3.68. The van der Waals surface area contributed by atoms with Gasteiger partial charge < -0.3 is 4.74 Å². The Hall–Kier alpha value is -0.730. The molecule has 3 heteroatoms. The third-order valence-electron chi connectivity index (χ3n) is 3.71. The summed E-state index contributed by atoms with van der Waals surface area (Å²) in [4.78, 5) is 2.58. The second-order valence-electron chi connectivity index (χ2n) is 4.95. The van der Waals surface area contributed by atoms with E-state index in [1.807, 2.05) is 12.1 Å². The molecule has 1 aliphatic rings. The summed E-state index contributed by atoms with van der Waals surface area (Å²) >= 11 is 5.81. The first-order chi connectivity index (χ1) is 8.83. The van der Waals surface area contributed by atoms with Gasteiger partial charge in [0.15, 0.2) is 0 Å². The van der Waals surface area contributed by atoms with Crippen LogP contribution in [0.15, 0.2) is 24.3 Å². The van der Waals surface area contributed by atoms with Gasteiger partial charge in [-0.3, -0.25) is 4.90 Å². The van der Waals surface area contributed by atoms with Crippen LogP contribution in [0.25, 0.3) is 0 Å². The first-order valence-corrected chi connectivity index (χ1v) is 7.30. The van der Waals surface area contributed by atoms with Gasteiger partial charge in [0.1, 0.15) is 5.75 Å². The van der Waals surface area contributed by atoms with Crippen LogP contribution in [0.4, 0.5) is 0 Å². The van der Waals surface area contributed by atoms with Crippen LogP contribution < -0.4 is 4.74 Å². The predicted molar refractivity (Wildman–Crippen MR) is 76.4 cm³/mol. The minimum atomic E-state index is 0.756. The highest BCUT2D eigenvalue weighted by atomic mass is 35.5. The monoisotopic (exact) mass is 267 g/mol. The lowest BCUT2D eigenvalue weighted by molar-refractivity contribution is 0.120. The minimum absolute atomic E-state index is 0.756. The van der Waals surface area contributed by atoms with Crippen LogP contribution in [0.2, 0.25) is 0 Å². The van der Waals surface area contributed by atoms with Gasteiger partial charge in [-0.1, -0.05) is 18.6 Å². The summed E-state index contributed by atoms with van der Waals surface area (Å²) in [5.74, 6) is 1.68. The third kappa shape index (κ3) is 3.63. The normalized spacial score (nSPS) is 15.7. The van der Waals surface area contributed by atoms with Crippen LogP contribution in [0, 0.1) is 0 Å². The molecule has 1 fully saturated rings. The Morgan fingerprint density at radius 3 is 2.50 bits per heavy atom. The molecule has 1 aliphatic carbocycles. The molecular formula is C15H22ClNO. The average molecular weight is 268 g/mol. The molecule has 100 valence electrons. The van der Waals surface area contributed by atoms with E-state index >= 15 is 0 Å². The van der Waals surface area contributed by atoms with Crippen molar-refractivity contribution < 1.29 is 4.74 Å². The zero-order chi connectivity index (χ0) is 12.8. The van der Waals surface area contributed by atoms with E-state index in [1.165, 1.54) is 24.8 Å². The number of nitrogens with zero attached hydrogens (tertiary/aromatic N) is 1. The van der Waals surface area contributed by atoms with Crippen molar-refractivity contribution >= 4 is 11.6 Å². The largest absolute Gasteiger partial charge is 0.497 e. The van der Waals surface area contributed by atoms with E-state index in [9.17, 15) is 0 Å². The highest BCUT2D eigenvalue weighted by Gasteiger charge is 2.24. The van der Waals surface area contributed by atoms with Crippen LogP contribution in [0.5, 0.6) is 5.75 Å². The van der Waals surface area contributed by atoms with Crippen molar-refractivity contribution in [3.63, 3.8) is 0 Å². The molecule has 0 atom stereocenters. The molecule has 18 heavy (non-hydrogen) atoms. The quantitative estimate of drug-likeness (QED) is 0.699. The smallest absolute Gasteiger partial charge is 0.118 e. The van der Waals surface area contributed by atoms with Gasteiger partial charge in [0.25, 0.3) is 0 Å². The van der Waals surface area contributed by atoms with Crippen LogP contribution in [0.3, 0.4) is 0 Å². The highest BCUT2D eigenvalue weighted by Crippen LogP contribution is 2.26. The number of alkyl halides is 1. The lowest BCUT2D eigenvalue weighted by Crippen LogP contribution is -2.40. The van der Waals surface area contributed by atoms with E-state index in [1.54, 1.807) is 7.11 Å². The summed E-state index contributed by atoms with van der Waals surface area (Å²) < 4.78 is 5.19. The first kappa shape index (κ1) is 13.7. The van der Waals surface area contributed by atoms with Gasteiger partial charge in [0.2, 0.25) is 0 Å². The zero-order valence-corrected chi connectivity index (χ0v) is 11.8. The van der Waals surface area contributed by atoms with E-state index in [4.69, 9.17) is 16.3 Å². The Morgan fingerprint density at radius 2 is 2.00 bits per heavy atom. The highest BCUT2D eigenvalue weighted by molar-refractivity contribution is 6.17. The van der Waals surface area contributed by atoms with Crippen molar-refractivity contribution in [2.45, 2.75) is 38.3 Å².